The molecule has 0 amide bonds. The van der Waals surface area contributed by atoms with Crippen molar-refractivity contribution in [3.05, 3.63) is 25.3 Å². The molecule has 0 aliphatic rings. The summed E-state index contributed by atoms with van der Waals surface area (Å²) in [7, 11) is 0. The minimum absolute atomic E-state index is 0.0272. The predicted octanol–water partition coefficient (Wildman–Crippen LogP) is 2.18. The molecule has 0 aliphatic heterocycles. The molecule has 0 radical (unpaired) electrons. The molecule has 0 aromatic carbocycles. The summed E-state index contributed by atoms with van der Waals surface area (Å²) < 4.78 is 14.8. The van der Waals surface area contributed by atoms with Gasteiger partial charge in [0.1, 0.15) is 6.61 Å². The fraction of sp³-hybridized carbons (Fsp3) is 0.562. The fourth-order valence-electron chi connectivity index (χ4n) is 1.88. The van der Waals surface area contributed by atoms with Crippen LogP contribution in [0.3, 0.4) is 0 Å². The van der Waals surface area contributed by atoms with Crippen molar-refractivity contribution >= 4 is 17.9 Å². The lowest BCUT2D eigenvalue weighted by atomic mass is 9.80. The molecule has 124 valence electrons. The van der Waals surface area contributed by atoms with Crippen LogP contribution in [0.25, 0.3) is 0 Å². The van der Waals surface area contributed by atoms with Crippen LogP contribution in [0, 0.1) is 5.41 Å². The Morgan fingerprint density at radius 1 is 0.955 bits per heavy atom. The van der Waals surface area contributed by atoms with Gasteiger partial charge in [-0.2, -0.15) is 0 Å². The summed E-state index contributed by atoms with van der Waals surface area (Å²) in [5.41, 5.74) is -1.57. The van der Waals surface area contributed by atoms with Crippen LogP contribution in [0.4, 0.5) is 0 Å². The van der Waals surface area contributed by atoms with Gasteiger partial charge in [-0.05, 0) is 26.7 Å². The Labute approximate surface area is 131 Å². The molecule has 0 heterocycles. The highest BCUT2D eigenvalue weighted by Crippen LogP contribution is 2.33. The lowest BCUT2D eigenvalue weighted by Gasteiger charge is -2.27. The van der Waals surface area contributed by atoms with E-state index in [0.717, 1.165) is 0 Å². The summed E-state index contributed by atoms with van der Waals surface area (Å²) in [6, 6.07) is 0. The van der Waals surface area contributed by atoms with Gasteiger partial charge in [-0.3, -0.25) is 14.4 Å². The van der Waals surface area contributed by atoms with Crippen LogP contribution in [-0.2, 0) is 28.6 Å². The molecular formula is C16H24O6. The molecule has 0 saturated heterocycles. The Bertz CT molecular complexity index is 395. The van der Waals surface area contributed by atoms with Crippen molar-refractivity contribution in [2.45, 2.75) is 33.1 Å². The predicted molar refractivity (Wildman–Crippen MR) is 80.9 cm³/mol. The average molecular weight is 312 g/mol. The van der Waals surface area contributed by atoms with Gasteiger partial charge in [-0.15, -0.1) is 6.58 Å². The molecule has 22 heavy (non-hydrogen) atoms. The smallest absolute Gasteiger partial charge is 0.323 e. The number of carbonyl (C=O) groups excluding carboxylic acids is 3. The van der Waals surface area contributed by atoms with Gasteiger partial charge >= 0.3 is 17.9 Å². The Morgan fingerprint density at radius 2 is 1.50 bits per heavy atom. The van der Waals surface area contributed by atoms with Crippen LogP contribution in [0.2, 0.25) is 0 Å². The van der Waals surface area contributed by atoms with Crippen molar-refractivity contribution in [3.8, 4) is 0 Å². The van der Waals surface area contributed by atoms with Crippen molar-refractivity contribution in [2.75, 3.05) is 19.8 Å². The van der Waals surface area contributed by atoms with Gasteiger partial charge in [0.05, 0.1) is 13.2 Å². The number of rotatable bonds is 11. The van der Waals surface area contributed by atoms with Gasteiger partial charge in [-0.1, -0.05) is 18.7 Å². The summed E-state index contributed by atoms with van der Waals surface area (Å²) in [5.74, 6) is -1.96. The van der Waals surface area contributed by atoms with Crippen LogP contribution in [0.15, 0.2) is 25.3 Å². The highest BCUT2D eigenvalue weighted by molar-refractivity contribution is 6.00. The van der Waals surface area contributed by atoms with Crippen molar-refractivity contribution in [1.82, 2.24) is 0 Å². The normalized spacial score (nSPS) is 10.5. The van der Waals surface area contributed by atoms with Gasteiger partial charge in [0.25, 0.3) is 0 Å². The summed E-state index contributed by atoms with van der Waals surface area (Å²) >= 11 is 0. The molecule has 0 atom stereocenters. The molecule has 0 unspecified atom stereocenters. The van der Waals surface area contributed by atoms with Gasteiger partial charge in [0.2, 0.25) is 0 Å². The highest BCUT2D eigenvalue weighted by Gasteiger charge is 2.48. The number of esters is 3. The monoisotopic (exact) mass is 312 g/mol. The van der Waals surface area contributed by atoms with E-state index in [2.05, 4.69) is 13.2 Å². The molecule has 0 fully saturated rings. The summed E-state index contributed by atoms with van der Waals surface area (Å²) in [4.78, 5) is 36.1. The number of hydrogen-bond donors (Lipinski definition) is 0. The number of carbonyl (C=O) groups is 3. The molecular weight excluding hydrogens is 288 g/mol. The number of allylic oxidation sites excluding steroid dienone is 1. The molecule has 0 spiro atoms. The van der Waals surface area contributed by atoms with E-state index in [-0.39, 0.29) is 39.1 Å². The first kappa shape index (κ1) is 19.9. The second-order valence-corrected chi connectivity index (χ2v) is 4.49. The Hall–Kier alpha value is -2.11. The van der Waals surface area contributed by atoms with E-state index in [9.17, 15) is 14.4 Å². The van der Waals surface area contributed by atoms with Gasteiger partial charge in [-0.25, -0.2) is 0 Å². The van der Waals surface area contributed by atoms with Crippen LogP contribution in [0.5, 0.6) is 0 Å². The molecule has 0 bridgehead atoms. The zero-order valence-corrected chi connectivity index (χ0v) is 13.3. The maximum atomic E-state index is 12.3. The third kappa shape index (κ3) is 5.71. The third-order valence-corrected chi connectivity index (χ3v) is 2.94. The molecule has 0 aliphatic carbocycles. The van der Waals surface area contributed by atoms with Crippen LogP contribution < -0.4 is 0 Å². The van der Waals surface area contributed by atoms with Gasteiger partial charge < -0.3 is 14.2 Å². The minimum Gasteiger partial charge on any atom is -0.465 e. The molecule has 6 heteroatoms. The van der Waals surface area contributed by atoms with Crippen molar-refractivity contribution < 1.29 is 28.6 Å². The zero-order valence-electron chi connectivity index (χ0n) is 13.3. The minimum atomic E-state index is -1.57. The maximum absolute atomic E-state index is 12.3. The highest BCUT2D eigenvalue weighted by atomic mass is 16.6. The fourth-order valence-corrected chi connectivity index (χ4v) is 1.88. The van der Waals surface area contributed by atoms with E-state index in [1.165, 1.54) is 12.2 Å². The zero-order chi connectivity index (χ0) is 17.0. The molecule has 0 saturated carbocycles. The molecule has 0 aromatic heterocycles. The molecule has 6 nitrogen and oxygen atoms in total. The Balaban J connectivity index is 5.21. The standard InChI is InChI=1S/C16H24O6/c1-5-10-16(14(18)20-7-3,15(19)21-8-4)11-9-13(17)22-12-6-2/h5-6H,1-2,7-12H2,3-4H3. The first-order valence-corrected chi connectivity index (χ1v) is 7.20. The molecule has 0 N–H and O–H groups in total. The quantitative estimate of drug-likeness (QED) is 0.252. The first-order chi connectivity index (χ1) is 10.5. The first-order valence-electron chi connectivity index (χ1n) is 7.20. The van der Waals surface area contributed by atoms with E-state index in [4.69, 9.17) is 14.2 Å². The van der Waals surface area contributed by atoms with Crippen LogP contribution in [0.1, 0.15) is 33.1 Å². The SMILES string of the molecule is C=CCOC(=O)CCC(CC=C)(C(=O)OCC)C(=O)OCC. The van der Waals surface area contributed by atoms with E-state index >= 15 is 0 Å². The van der Waals surface area contributed by atoms with E-state index < -0.39 is 23.3 Å². The third-order valence-electron chi connectivity index (χ3n) is 2.94. The number of ether oxygens (including phenoxy) is 3. The topological polar surface area (TPSA) is 78.9 Å². The van der Waals surface area contributed by atoms with E-state index in [1.807, 2.05) is 0 Å². The second-order valence-electron chi connectivity index (χ2n) is 4.49. The number of hydrogen-bond acceptors (Lipinski definition) is 6. The maximum Gasteiger partial charge on any atom is 0.323 e. The lowest BCUT2D eigenvalue weighted by Crippen LogP contribution is -2.42. The van der Waals surface area contributed by atoms with Crippen molar-refractivity contribution in [3.63, 3.8) is 0 Å². The van der Waals surface area contributed by atoms with Gasteiger partial charge in [0, 0.05) is 6.42 Å². The van der Waals surface area contributed by atoms with E-state index in [0.29, 0.717) is 0 Å². The summed E-state index contributed by atoms with van der Waals surface area (Å²) in [6.45, 7) is 10.6. The largest absolute Gasteiger partial charge is 0.465 e. The van der Waals surface area contributed by atoms with Crippen molar-refractivity contribution in [1.29, 1.82) is 0 Å². The Kier molecular flexibility index (Phi) is 9.58. The van der Waals surface area contributed by atoms with Crippen LogP contribution in [-0.4, -0.2) is 37.7 Å². The lowest BCUT2D eigenvalue weighted by molar-refractivity contribution is -0.173. The van der Waals surface area contributed by atoms with Crippen LogP contribution >= 0.6 is 0 Å². The average Bonchev–Trinajstić information content (AvgIpc) is 2.49. The molecule has 0 rings (SSSR count). The molecule has 0 aromatic rings. The van der Waals surface area contributed by atoms with Crippen molar-refractivity contribution in [2.24, 2.45) is 5.41 Å². The summed E-state index contributed by atoms with van der Waals surface area (Å²) in [5, 5.41) is 0. The Morgan fingerprint density at radius 3 is 1.91 bits per heavy atom. The van der Waals surface area contributed by atoms with Gasteiger partial charge in [0.15, 0.2) is 5.41 Å². The second kappa shape index (κ2) is 10.6. The summed E-state index contributed by atoms with van der Waals surface area (Å²) in [6.07, 6.45) is 2.72. The van der Waals surface area contributed by atoms with E-state index in [1.54, 1.807) is 13.8 Å².